The monoisotopic (exact) mass is 249 g/mol. The highest BCUT2D eigenvalue weighted by molar-refractivity contribution is 5.43. The van der Waals surface area contributed by atoms with Gasteiger partial charge in [-0.05, 0) is 37.6 Å². The van der Waals surface area contributed by atoms with Crippen molar-refractivity contribution in [1.29, 1.82) is 0 Å². The van der Waals surface area contributed by atoms with Crippen molar-refractivity contribution in [2.24, 2.45) is 0 Å². The number of piperidine rings is 1. The van der Waals surface area contributed by atoms with Gasteiger partial charge in [0.1, 0.15) is 17.1 Å². The van der Waals surface area contributed by atoms with Crippen LogP contribution in [-0.4, -0.2) is 30.9 Å². The van der Waals surface area contributed by atoms with E-state index in [-0.39, 0.29) is 5.60 Å². The Kier molecular flexibility index (Phi) is 2.92. The minimum absolute atomic E-state index is 0.237. The smallest absolute Gasteiger partial charge is 0.126 e. The number of methoxy groups -OCH3 is 1. The number of hydrogen-bond donors (Lipinski definition) is 2. The van der Waals surface area contributed by atoms with Crippen molar-refractivity contribution in [3.8, 4) is 11.5 Å². The summed E-state index contributed by atoms with van der Waals surface area (Å²) in [5.41, 5.74) is 0.602. The largest absolute Gasteiger partial charge is 0.497 e. The molecule has 0 aliphatic carbocycles. The molecule has 2 heterocycles. The van der Waals surface area contributed by atoms with E-state index in [2.05, 4.69) is 5.32 Å². The molecule has 0 amide bonds. The number of aliphatic hydroxyl groups excluding tert-OH is 1. The van der Waals surface area contributed by atoms with Gasteiger partial charge in [-0.3, -0.25) is 0 Å². The summed E-state index contributed by atoms with van der Waals surface area (Å²) in [6, 6.07) is 5.64. The molecular weight excluding hydrogens is 230 g/mol. The predicted molar refractivity (Wildman–Crippen MR) is 68.0 cm³/mol. The van der Waals surface area contributed by atoms with Gasteiger partial charge in [0.15, 0.2) is 0 Å². The summed E-state index contributed by atoms with van der Waals surface area (Å²) >= 11 is 0. The van der Waals surface area contributed by atoms with E-state index < -0.39 is 6.10 Å². The van der Waals surface area contributed by atoms with Crippen molar-refractivity contribution in [3.05, 3.63) is 23.8 Å². The average molecular weight is 249 g/mol. The summed E-state index contributed by atoms with van der Waals surface area (Å²) in [5, 5.41) is 13.7. The molecule has 1 saturated heterocycles. The molecule has 0 aromatic heterocycles. The van der Waals surface area contributed by atoms with Gasteiger partial charge in [0.2, 0.25) is 0 Å². The molecule has 3 rings (SSSR count). The van der Waals surface area contributed by atoms with Gasteiger partial charge >= 0.3 is 0 Å². The molecule has 18 heavy (non-hydrogen) atoms. The molecule has 1 fully saturated rings. The first-order valence-corrected chi connectivity index (χ1v) is 6.48. The first kappa shape index (κ1) is 11.8. The third-order valence-corrected chi connectivity index (χ3v) is 3.90. The number of nitrogens with one attached hydrogen (secondary N) is 1. The standard InChI is InChI=1S/C14H19NO3/c1-17-10-3-4-13-11(7-10)12(16)8-14(18-13)5-2-6-15-9-14/h3-4,7,12,15-16H,2,5-6,8-9H2,1H3. The highest BCUT2D eigenvalue weighted by atomic mass is 16.5. The molecule has 98 valence electrons. The van der Waals surface area contributed by atoms with Gasteiger partial charge in [-0.2, -0.15) is 0 Å². The van der Waals surface area contributed by atoms with Gasteiger partial charge in [-0.15, -0.1) is 0 Å². The molecule has 1 aromatic carbocycles. The predicted octanol–water partition coefficient (Wildman–Crippen LogP) is 1.63. The molecule has 0 radical (unpaired) electrons. The highest BCUT2D eigenvalue weighted by Crippen LogP contribution is 2.43. The lowest BCUT2D eigenvalue weighted by molar-refractivity contribution is -0.0291. The number of fused-ring (bicyclic) bond motifs is 1. The maximum atomic E-state index is 10.3. The van der Waals surface area contributed by atoms with Gasteiger partial charge in [-0.25, -0.2) is 0 Å². The normalized spacial score (nSPS) is 30.7. The molecule has 2 aliphatic heterocycles. The number of ether oxygens (including phenoxy) is 2. The van der Waals surface area contributed by atoms with Crippen LogP contribution in [0.2, 0.25) is 0 Å². The van der Waals surface area contributed by atoms with Crippen LogP contribution < -0.4 is 14.8 Å². The lowest BCUT2D eigenvalue weighted by Gasteiger charge is -2.43. The first-order valence-electron chi connectivity index (χ1n) is 6.48. The fourth-order valence-electron chi connectivity index (χ4n) is 2.95. The van der Waals surface area contributed by atoms with Gasteiger partial charge in [0.05, 0.1) is 13.2 Å². The van der Waals surface area contributed by atoms with Crippen LogP contribution in [0.25, 0.3) is 0 Å². The minimum atomic E-state index is -0.469. The average Bonchev–Trinajstić information content (AvgIpc) is 2.39. The molecule has 4 heteroatoms. The van der Waals surface area contributed by atoms with Crippen molar-refractivity contribution in [2.75, 3.05) is 20.2 Å². The van der Waals surface area contributed by atoms with Gasteiger partial charge < -0.3 is 19.9 Å². The topological polar surface area (TPSA) is 50.7 Å². The van der Waals surface area contributed by atoms with E-state index in [4.69, 9.17) is 9.47 Å². The van der Waals surface area contributed by atoms with Crippen molar-refractivity contribution in [3.63, 3.8) is 0 Å². The van der Waals surface area contributed by atoms with Crippen molar-refractivity contribution in [2.45, 2.75) is 31.0 Å². The summed E-state index contributed by atoms with van der Waals surface area (Å²) < 4.78 is 11.3. The van der Waals surface area contributed by atoms with Crippen LogP contribution >= 0.6 is 0 Å². The Morgan fingerprint density at radius 2 is 2.39 bits per heavy atom. The molecule has 2 aliphatic rings. The van der Waals surface area contributed by atoms with Crippen LogP contribution in [0.1, 0.15) is 30.9 Å². The zero-order valence-corrected chi connectivity index (χ0v) is 10.6. The van der Waals surface area contributed by atoms with E-state index in [1.807, 2.05) is 18.2 Å². The lowest BCUT2D eigenvalue weighted by Crippen LogP contribution is -2.52. The molecule has 2 unspecified atom stereocenters. The number of rotatable bonds is 1. The number of hydrogen-bond acceptors (Lipinski definition) is 4. The van der Waals surface area contributed by atoms with E-state index in [1.165, 1.54) is 0 Å². The zero-order valence-electron chi connectivity index (χ0n) is 10.6. The molecule has 2 atom stereocenters. The fraction of sp³-hybridized carbons (Fsp3) is 0.571. The molecule has 0 saturated carbocycles. The molecule has 2 N–H and O–H groups in total. The minimum Gasteiger partial charge on any atom is -0.497 e. The van der Waals surface area contributed by atoms with Gasteiger partial charge in [0, 0.05) is 18.5 Å². The lowest BCUT2D eigenvalue weighted by atomic mass is 9.83. The second-order valence-electron chi connectivity index (χ2n) is 5.19. The second-order valence-corrected chi connectivity index (χ2v) is 5.19. The summed E-state index contributed by atoms with van der Waals surface area (Å²) in [6.45, 7) is 1.85. The number of benzene rings is 1. The third-order valence-electron chi connectivity index (χ3n) is 3.90. The number of aliphatic hydroxyl groups is 1. The maximum Gasteiger partial charge on any atom is 0.126 e. The third kappa shape index (κ3) is 1.95. The van der Waals surface area contributed by atoms with E-state index >= 15 is 0 Å². The van der Waals surface area contributed by atoms with Crippen LogP contribution in [0.5, 0.6) is 11.5 Å². The zero-order chi connectivity index (χ0) is 12.6. The Bertz CT molecular complexity index is 441. The molecule has 0 bridgehead atoms. The summed E-state index contributed by atoms with van der Waals surface area (Å²) in [4.78, 5) is 0. The van der Waals surface area contributed by atoms with Crippen molar-refractivity contribution >= 4 is 0 Å². The molecule has 4 nitrogen and oxygen atoms in total. The van der Waals surface area contributed by atoms with E-state index in [9.17, 15) is 5.11 Å². The van der Waals surface area contributed by atoms with E-state index in [0.29, 0.717) is 6.42 Å². The van der Waals surface area contributed by atoms with Crippen molar-refractivity contribution < 1.29 is 14.6 Å². The second kappa shape index (κ2) is 4.44. The molecule has 1 aromatic rings. The van der Waals surface area contributed by atoms with Crippen LogP contribution in [0.3, 0.4) is 0 Å². The van der Waals surface area contributed by atoms with Crippen LogP contribution in [0, 0.1) is 0 Å². The Morgan fingerprint density at radius 3 is 3.11 bits per heavy atom. The quantitative estimate of drug-likeness (QED) is 0.794. The Balaban J connectivity index is 1.92. The Morgan fingerprint density at radius 1 is 1.50 bits per heavy atom. The first-order chi connectivity index (χ1) is 8.72. The van der Waals surface area contributed by atoms with Crippen LogP contribution in [-0.2, 0) is 0 Å². The van der Waals surface area contributed by atoms with Gasteiger partial charge in [0.25, 0.3) is 0 Å². The van der Waals surface area contributed by atoms with Crippen LogP contribution in [0.15, 0.2) is 18.2 Å². The SMILES string of the molecule is COc1ccc2c(c1)C(O)CC1(CCCNC1)O2. The van der Waals surface area contributed by atoms with E-state index in [0.717, 1.165) is 43.0 Å². The molecular formula is C14H19NO3. The van der Waals surface area contributed by atoms with Crippen molar-refractivity contribution in [1.82, 2.24) is 5.32 Å². The van der Waals surface area contributed by atoms with Crippen LogP contribution in [0.4, 0.5) is 0 Å². The highest BCUT2D eigenvalue weighted by Gasteiger charge is 2.41. The Labute approximate surface area is 107 Å². The Hall–Kier alpha value is -1.26. The molecule has 1 spiro atoms. The van der Waals surface area contributed by atoms with E-state index in [1.54, 1.807) is 7.11 Å². The van der Waals surface area contributed by atoms with Gasteiger partial charge in [-0.1, -0.05) is 0 Å². The summed E-state index contributed by atoms with van der Waals surface area (Å²) in [5.74, 6) is 1.55. The summed E-state index contributed by atoms with van der Waals surface area (Å²) in [6.07, 6.45) is 2.28. The summed E-state index contributed by atoms with van der Waals surface area (Å²) in [7, 11) is 1.63. The fourth-order valence-corrected chi connectivity index (χ4v) is 2.95. The maximum absolute atomic E-state index is 10.3.